The lowest BCUT2D eigenvalue weighted by Crippen LogP contribution is -2.03. The normalized spacial score (nSPS) is 9.29. The first-order valence-electron chi connectivity index (χ1n) is 3.89. The maximum absolute atomic E-state index is 11.2. The molecular formula is C10H8ClNO2. The van der Waals surface area contributed by atoms with E-state index in [4.69, 9.17) is 16.9 Å². The molecular weight excluding hydrogens is 202 g/mol. The van der Waals surface area contributed by atoms with Crippen molar-refractivity contribution in [3.8, 4) is 6.07 Å². The van der Waals surface area contributed by atoms with Gasteiger partial charge in [0.2, 0.25) is 0 Å². The summed E-state index contributed by atoms with van der Waals surface area (Å²) < 4.78 is 4.54. The molecule has 0 saturated carbocycles. The van der Waals surface area contributed by atoms with Gasteiger partial charge in [-0.2, -0.15) is 5.26 Å². The predicted octanol–water partition coefficient (Wildman–Crippen LogP) is 2.31. The Bertz CT molecular complexity index is 421. The minimum atomic E-state index is -0.498. The van der Waals surface area contributed by atoms with E-state index in [2.05, 4.69) is 4.74 Å². The second-order valence-electron chi connectivity index (χ2n) is 2.70. The highest BCUT2D eigenvalue weighted by Gasteiger charge is 2.14. The number of ether oxygens (including phenoxy) is 1. The number of carbonyl (C=O) groups excluding carboxylic acids is 1. The van der Waals surface area contributed by atoms with Gasteiger partial charge in [0, 0.05) is 0 Å². The van der Waals surface area contributed by atoms with Gasteiger partial charge in [-0.3, -0.25) is 0 Å². The minimum absolute atomic E-state index is 0.274. The Labute approximate surface area is 86.9 Å². The van der Waals surface area contributed by atoms with Crippen molar-refractivity contribution in [3.63, 3.8) is 0 Å². The van der Waals surface area contributed by atoms with Crippen LogP contribution < -0.4 is 0 Å². The van der Waals surface area contributed by atoms with Crippen molar-refractivity contribution in [1.82, 2.24) is 0 Å². The van der Waals surface area contributed by atoms with Crippen LogP contribution in [0.15, 0.2) is 12.1 Å². The first-order chi connectivity index (χ1) is 6.61. The standard InChI is InChI=1S/C10H8ClNO2/c1-6-7(5-12)3-4-8(9(6)11)10(13)14-2/h3-4H,1-2H3. The second-order valence-corrected chi connectivity index (χ2v) is 3.08. The van der Waals surface area contributed by atoms with Crippen LogP contribution in [0.1, 0.15) is 21.5 Å². The van der Waals surface area contributed by atoms with E-state index >= 15 is 0 Å². The summed E-state index contributed by atoms with van der Waals surface area (Å²) in [6.07, 6.45) is 0. The Morgan fingerprint density at radius 1 is 1.57 bits per heavy atom. The number of benzene rings is 1. The molecule has 0 atom stereocenters. The number of methoxy groups -OCH3 is 1. The molecule has 0 bridgehead atoms. The molecule has 0 heterocycles. The smallest absolute Gasteiger partial charge is 0.339 e. The van der Waals surface area contributed by atoms with Crippen LogP contribution in [0, 0.1) is 18.3 Å². The molecule has 1 rings (SSSR count). The monoisotopic (exact) mass is 209 g/mol. The minimum Gasteiger partial charge on any atom is -0.465 e. The van der Waals surface area contributed by atoms with Gasteiger partial charge in [0.05, 0.1) is 29.3 Å². The van der Waals surface area contributed by atoms with Crippen molar-refractivity contribution in [2.75, 3.05) is 7.11 Å². The molecule has 4 heteroatoms. The first-order valence-corrected chi connectivity index (χ1v) is 4.27. The van der Waals surface area contributed by atoms with E-state index < -0.39 is 5.97 Å². The predicted molar refractivity (Wildman–Crippen MR) is 52.2 cm³/mol. The molecule has 0 fully saturated rings. The average molecular weight is 210 g/mol. The Balaban J connectivity index is 3.33. The largest absolute Gasteiger partial charge is 0.465 e. The number of nitriles is 1. The summed E-state index contributed by atoms with van der Waals surface area (Å²) in [6.45, 7) is 1.69. The van der Waals surface area contributed by atoms with Gasteiger partial charge in [-0.15, -0.1) is 0 Å². The quantitative estimate of drug-likeness (QED) is 0.667. The molecule has 3 nitrogen and oxygen atoms in total. The van der Waals surface area contributed by atoms with Gasteiger partial charge >= 0.3 is 5.97 Å². The summed E-state index contributed by atoms with van der Waals surface area (Å²) in [6, 6.07) is 5.02. The van der Waals surface area contributed by atoms with Gasteiger partial charge < -0.3 is 4.74 Å². The highest BCUT2D eigenvalue weighted by Crippen LogP contribution is 2.24. The van der Waals surface area contributed by atoms with Crippen LogP contribution in [0.3, 0.4) is 0 Å². The third-order valence-electron chi connectivity index (χ3n) is 1.91. The molecule has 1 aromatic carbocycles. The van der Waals surface area contributed by atoms with Crippen LogP contribution in [0.5, 0.6) is 0 Å². The highest BCUT2D eigenvalue weighted by atomic mass is 35.5. The van der Waals surface area contributed by atoms with Crippen LogP contribution in [0.25, 0.3) is 0 Å². The Hall–Kier alpha value is -1.53. The number of hydrogen-bond donors (Lipinski definition) is 0. The van der Waals surface area contributed by atoms with Gasteiger partial charge in [0.1, 0.15) is 0 Å². The second kappa shape index (κ2) is 4.12. The fraction of sp³-hybridized carbons (Fsp3) is 0.200. The number of hydrogen-bond acceptors (Lipinski definition) is 3. The summed E-state index contributed by atoms with van der Waals surface area (Å²) in [5, 5.41) is 8.98. The Kier molecular flexibility index (Phi) is 3.10. The fourth-order valence-electron chi connectivity index (χ4n) is 1.07. The van der Waals surface area contributed by atoms with Crippen LogP contribution in [0.4, 0.5) is 0 Å². The van der Waals surface area contributed by atoms with Crippen LogP contribution in [0.2, 0.25) is 5.02 Å². The molecule has 0 amide bonds. The molecule has 0 spiro atoms. The van der Waals surface area contributed by atoms with Gasteiger partial charge in [0.25, 0.3) is 0 Å². The van der Waals surface area contributed by atoms with Crippen molar-refractivity contribution in [3.05, 3.63) is 33.8 Å². The number of halogens is 1. The zero-order valence-corrected chi connectivity index (χ0v) is 8.55. The van der Waals surface area contributed by atoms with Crippen molar-refractivity contribution in [2.45, 2.75) is 6.92 Å². The molecule has 1 aromatic rings. The third kappa shape index (κ3) is 1.70. The summed E-state index contributed by atoms with van der Waals surface area (Å²) in [5.41, 5.74) is 1.34. The van der Waals surface area contributed by atoms with Crippen LogP contribution in [-0.2, 0) is 4.74 Å². The molecule has 0 N–H and O–H groups in total. The van der Waals surface area contributed by atoms with Gasteiger partial charge in [0.15, 0.2) is 0 Å². The van der Waals surface area contributed by atoms with Gasteiger partial charge in [-0.25, -0.2) is 4.79 Å². The van der Waals surface area contributed by atoms with Crippen molar-refractivity contribution in [2.24, 2.45) is 0 Å². The van der Waals surface area contributed by atoms with Crippen LogP contribution >= 0.6 is 11.6 Å². The van der Waals surface area contributed by atoms with E-state index in [9.17, 15) is 4.79 Å². The molecule has 72 valence electrons. The lowest BCUT2D eigenvalue weighted by atomic mass is 10.1. The number of rotatable bonds is 1. The van der Waals surface area contributed by atoms with E-state index in [0.29, 0.717) is 11.1 Å². The van der Waals surface area contributed by atoms with Crippen LogP contribution in [-0.4, -0.2) is 13.1 Å². The SMILES string of the molecule is COC(=O)c1ccc(C#N)c(C)c1Cl. The lowest BCUT2D eigenvalue weighted by Gasteiger charge is -2.05. The van der Waals surface area contributed by atoms with E-state index in [-0.39, 0.29) is 10.6 Å². The number of carbonyl (C=O) groups is 1. The van der Waals surface area contributed by atoms with E-state index in [0.717, 1.165) is 0 Å². The van der Waals surface area contributed by atoms with Crippen molar-refractivity contribution < 1.29 is 9.53 Å². The van der Waals surface area contributed by atoms with E-state index in [1.807, 2.05) is 6.07 Å². The van der Waals surface area contributed by atoms with Crippen molar-refractivity contribution in [1.29, 1.82) is 5.26 Å². The molecule has 0 aliphatic heterocycles. The Morgan fingerprint density at radius 3 is 2.71 bits per heavy atom. The molecule has 0 aliphatic carbocycles. The molecule has 0 aromatic heterocycles. The van der Waals surface area contributed by atoms with Crippen molar-refractivity contribution >= 4 is 17.6 Å². The maximum atomic E-state index is 11.2. The molecule has 14 heavy (non-hydrogen) atoms. The number of nitrogens with zero attached hydrogens (tertiary/aromatic N) is 1. The van der Waals surface area contributed by atoms with Gasteiger partial charge in [-0.1, -0.05) is 11.6 Å². The third-order valence-corrected chi connectivity index (χ3v) is 2.40. The van der Waals surface area contributed by atoms with E-state index in [1.165, 1.54) is 13.2 Å². The first kappa shape index (κ1) is 10.6. The number of esters is 1. The highest BCUT2D eigenvalue weighted by molar-refractivity contribution is 6.34. The maximum Gasteiger partial charge on any atom is 0.339 e. The Morgan fingerprint density at radius 2 is 2.21 bits per heavy atom. The molecule has 0 aliphatic rings. The lowest BCUT2D eigenvalue weighted by molar-refractivity contribution is 0.0601. The zero-order chi connectivity index (χ0) is 10.7. The molecule has 0 saturated heterocycles. The summed E-state index contributed by atoms with van der Waals surface area (Å²) in [7, 11) is 1.28. The zero-order valence-electron chi connectivity index (χ0n) is 7.80. The fourth-order valence-corrected chi connectivity index (χ4v) is 1.32. The van der Waals surface area contributed by atoms with E-state index in [1.54, 1.807) is 13.0 Å². The van der Waals surface area contributed by atoms with Gasteiger partial charge in [-0.05, 0) is 24.6 Å². The summed E-state index contributed by atoms with van der Waals surface area (Å²) in [5.74, 6) is -0.498. The topological polar surface area (TPSA) is 50.1 Å². The molecule has 0 radical (unpaired) electrons. The molecule has 0 unspecified atom stereocenters. The summed E-state index contributed by atoms with van der Waals surface area (Å²) in [4.78, 5) is 11.2. The average Bonchev–Trinajstić information content (AvgIpc) is 2.21. The summed E-state index contributed by atoms with van der Waals surface area (Å²) >= 11 is 5.90.